The molecule has 0 atom stereocenters. The number of thioether (sulfide) groups is 1. The van der Waals surface area contributed by atoms with Crippen molar-refractivity contribution in [2.75, 3.05) is 17.7 Å². The van der Waals surface area contributed by atoms with Crippen LogP contribution < -0.4 is 5.32 Å². The summed E-state index contributed by atoms with van der Waals surface area (Å²) in [6.07, 6.45) is 0. The van der Waals surface area contributed by atoms with Gasteiger partial charge in [0, 0.05) is 10.6 Å². The zero-order valence-electron chi connectivity index (χ0n) is 12.2. The summed E-state index contributed by atoms with van der Waals surface area (Å²) in [5.41, 5.74) is 1.68. The number of nitrogens with one attached hydrogen (secondary N) is 1. The summed E-state index contributed by atoms with van der Waals surface area (Å²) >= 11 is 1.38. The summed E-state index contributed by atoms with van der Waals surface area (Å²) in [6, 6.07) is 17.0. The predicted octanol–water partition coefficient (Wildman–Crippen LogP) is 3.27. The molecule has 2 rings (SSSR count). The van der Waals surface area contributed by atoms with Crippen LogP contribution in [0.2, 0.25) is 0 Å². The Morgan fingerprint density at radius 2 is 1.73 bits per heavy atom. The fraction of sp³-hybridized carbons (Fsp3) is 0.176. The molecule has 0 aromatic heterocycles. The van der Waals surface area contributed by atoms with Gasteiger partial charge in [-0.2, -0.15) is 0 Å². The molecule has 5 heteroatoms. The van der Waals surface area contributed by atoms with E-state index in [2.05, 4.69) is 5.32 Å². The molecule has 4 nitrogen and oxygen atoms in total. The molecule has 0 aliphatic rings. The van der Waals surface area contributed by atoms with Gasteiger partial charge in [-0.3, -0.25) is 9.59 Å². The molecule has 114 valence electrons. The number of carbonyl (C=O) groups excluding carboxylic acids is 2. The van der Waals surface area contributed by atoms with Crippen LogP contribution in [0.4, 0.5) is 5.69 Å². The third-order valence-corrected chi connectivity index (χ3v) is 3.87. The van der Waals surface area contributed by atoms with E-state index in [1.807, 2.05) is 55.5 Å². The molecule has 0 heterocycles. The van der Waals surface area contributed by atoms with E-state index in [-0.39, 0.29) is 18.3 Å². The van der Waals surface area contributed by atoms with Crippen molar-refractivity contribution in [1.82, 2.24) is 0 Å². The van der Waals surface area contributed by atoms with Gasteiger partial charge in [0.05, 0.1) is 5.75 Å². The maximum absolute atomic E-state index is 11.7. The van der Waals surface area contributed by atoms with Crippen LogP contribution in [0.5, 0.6) is 0 Å². The molecule has 0 bridgehead atoms. The van der Waals surface area contributed by atoms with Gasteiger partial charge in [0.2, 0.25) is 0 Å². The Morgan fingerprint density at radius 3 is 2.45 bits per heavy atom. The second-order valence-corrected chi connectivity index (χ2v) is 5.67. The third kappa shape index (κ3) is 5.26. The summed E-state index contributed by atoms with van der Waals surface area (Å²) in [5, 5.41) is 2.72. The summed E-state index contributed by atoms with van der Waals surface area (Å²) in [6.45, 7) is 1.63. The van der Waals surface area contributed by atoms with Crippen LogP contribution in [0.1, 0.15) is 5.56 Å². The lowest BCUT2D eigenvalue weighted by atomic mass is 10.2. The first-order valence-electron chi connectivity index (χ1n) is 6.84. The molecule has 0 aliphatic carbocycles. The summed E-state index contributed by atoms with van der Waals surface area (Å²) < 4.78 is 4.97. The zero-order chi connectivity index (χ0) is 15.8. The third-order valence-electron chi connectivity index (χ3n) is 2.88. The minimum Gasteiger partial charge on any atom is -0.455 e. The molecule has 0 fully saturated rings. The van der Waals surface area contributed by atoms with Crippen molar-refractivity contribution in [2.45, 2.75) is 11.8 Å². The summed E-state index contributed by atoms with van der Waals surface area (Å²) in [4.78, 5) is 24.4. The number of ether oxygens (including phenoxy) is 1. The van der Waals surface area contributed by atoms with Crippen LogP contribution in [0, 0.1) is 6.92 Å². The maximum atomic E-state index is 11.7. The first-order chi connectivity index (χ1) is 10.6. The number of esters is 1. The average molecular weight is 315 g/mol. The lowest BCUT2D eigenvalue weighted by Crippen LogP contribution is -2.22. The van der Waals surface area contributed by atoms with Gasteiger partial charge >= 0.3 is 5.97 Å². The van der Waals surface area contributed by atoms with Gasteiger partial charge in [0.25, 0.3) is 5.91 Å². The van der Waals surface area contributed by atoms with Crippen LogP contribution in [0.25, 0.3) is 0 Å². The van der Waals surface area contributed by atoms with Gasteiger partial charge in [-0.05, 0) is 30.7 Å². The smallest absolute Gasteiger partial charge is 0.316 e. The Hall–Kier alpha value is -2.27. The molecule has 0 saturated heterocycles. The predicted molar refractivity (Wildman–Crippen MR) is 87.9 cm³/mol. The van der Waals surface area contributed by atoms with Crippen molar-refractivity contribution >= 4 is 29.3 Å². The number of anilines is 1. The Kier molecular flexibility index (Phi) is 6.03. The second-order valence-electron chi connectivity index (χ2n) is 4.63. The van der Waals surface area contributed by atoms with Crippen molar-refractivity contribution in [3.63, 3.8) is 0 Å². The van der Waals surface area contributed by atoms with Crippen molar-refractivity contribution in [3.05, 3.63) is 60.2 Å². The Bertz CT molecular complexity index is 643. The first kappa shape index (κ1) is 16.1. The number of benzene rings is 2. The minimum absolute atomic E-state index is 0.182. The highest BCUT2D eigenvalue weighted by molar-refractivity contribution is 8.00. The van der Waals surface area contributed by atoms with Gasteiger partial charge in [-0.15, -0.1) is 11.8 Å². The zero-order valence-corrected chi connectivity index (χ0v) is 13.1. The van der Waals surface area contributed by atoms with E-state index in [1.54, 1.807) is 6.07 Å². The van der Waals surface area contributed by atoms with Crippen LogP contribution >= 0.6 is 11.8 Å². The number of para-hydroxylation sites is 1. The maximum Gasteiger partial charge on any atom is 0.316 e. The second kappa shape index (κ2) is 8.24. The lowest BCUT2D eigenvalue weighted by Gasteiger charge is -2.08. The van der Waals surface area contributed by atoms with E-state index in [4.69, 9.17) is 4.74 Å². The Morgan fingerprint density at radius 1 is 1.05 bits per heavy atom. The molecule has 1 N–H and O–H groups in total. The minimum atomic E-state index is -0.409. The van der Waals surface area contributed by atoms with Crippen molar-refractivity contribution < 1.29 is 14.3 Å². The van der Waals surface area contributed by atoms with Crippen molar-refractivity contribution in [1.29, 1.82) is 0 Å². The Labute approximate surface area is 133 Å². The molecule has 0 spiro atoms. The van der Waals surface area contributed by atoms with Gasteiger partial charge in [0.15, 0.2) is 6.61 Å². The largest absolute Gasteiger partial charge is 0.455 e. The van der Waals surface area contributed by atoms with Crippen LogP contribution in [0.3, 0.4) is 0 Å². The van der Waals surface area contributed by atoms with E-state index in [0.717, 1.165) is 16.1 Å². The number of hydrogen-bond donors (Lipinski definition) is 1. The van der Waals surface area contributed by atoms with Crippen molar-refractivity contribution in [3.8, 4) is 0 Å². The molecule has 0 unspecified atom stereocenters. The molecular formula is C17H17NO3S. The Balaban J connectivity index is 1.72. The first-order valence-corrected chi connectivity index (χ1v) is 7.82. The number of amides is 1. The van der Waals surface area contributed by atoms with E-state index in [1.165, 1.54) is 11.8 Å². The standard InChI is InChI=1S/C17H17NO3S/c1-13-7-5-6-10-15(13)18-16(19)11-21-17(20)12-22-14-8-3-2-4-9-14/h2-10H,11-12H2,1H3,(H,18,19). The molecule has 2 aromatic carbocycles. The SMILES string of the molecule is Cc1ccccc1NC(=O)COC(=O)CSc1ccccc1. The lowest BCUT2D eigenvalue weighted by molar-refractivity contribution is -0.144. The van der Waals surface area contributed by atoms with Crippen LogP contribution in [0.15, 0.2) is 59.5 Å². The quantitative estimate of drug-likeness (QED) is 0.656. The monoisotopic (exact) mass is 315 g/mol. The number of hydrogen-bond acceptors (Lipinski definition) is 4. The summed E-state index contributed by atoms with van der Waals surface area (Å²) in [5.74, 6) is -0.567. The highest BCUT2D eigenvalue weighted by Crippen LogP contribution is 2.17. The molecule has 2 aromatic rings. The van der Waals surface area contributed by atoms with E-state index < -0.39 is 5.97 Å². The number of rotatable bonds is 6. The molecule has 0 saturated carbocycles. The van der Waals surface area contributed by atoms with Crippen LogP contribution in [-0.2, 0) is 14.3 Å². The van der Waals surface area contributed by atoms with E-state index in [0.29, 0.717) is 0 Å². The van der Waals surface area contributed by atoms with Gasteiger partial charge in [0.1, 0.15) is 0 Å². The molecule has 22 heavy (non-hydrogen) atoms. The molecule has 0 radical (unpaired) electrons. The van der Waals surface area contributed by atoms with Crippen LogP contribution in [-0.4, -0.2) is 24.2 Å². The molecular weight excluding hydrogens is 298 g/mol. The fourth-order valence-corrected chi connectivity index (χ4v) is 2.46. The van der Waals surface area contributed by atoms with E-state index in [9.17, 15) is 9.59 Å². The molecule has 0 aliphatic heterocycles. The molecule has 1 amide bonds. The normalized spacial score (nSPS) is 10.0. The number of carbonyl (C=O) groups is 2. The summed E-state index contributed by atoms with van der Waals surface area (Å²) in [7, 11) is 0. The van der Waals surface area contributed by atoms with E-state index >= 15 is 0 Å². The van der Waals surface area contributed by atoms with Crippen molar-refractivity contribution in [2.24, 2.45) is 0 Å². The average Bonchev–Trinajstić information content (AvgIpc) is 2.54. The fourth-order valence-electron chi connectivity index (χ4n) is 1.75. The number of aryl methyl sites for hydroxylation is 1. The highest BCUT2D eigenvalue weighted by Gasteiger charge is 2.09. The van der Waals surface area contributed by atoms with Gasteiger partial charge in [-0.1, -0.05) is 36.4 Å². The van der Waals surface area contributed by atoms with Gasteiger partial charge < -0.3 is 10.1 Å². The topological polar surface area (TPSA) is 55.4 Å². The van der Waals surface area contributed by atoms with Gasteiger partial charge in [-0.25, -0.2) is 0 Å². The highest BCUT2D eigenvalue weighted by atomic mass is 32.2.